The van der Waals surface area contributed by atoms with Crippen molar-refractivity contribution in [3.8, 4) is 0 Å². The molecular weight excluding hydrogens is 182 g/mol. The van der Waals surface area contributed by atoms with Crippen molar-refractivity contribution in [2.75, 3.05) is 31.6 Å². The molecule has 3 nitrogen and oxygen atoms in total. The Morgan fingerprint density at radius 2 is 2.46 bits per heavy atom. The summed E-state index contributed by atoms with van der Waals surface area (Å²) in [6, 6.07) is 0. The molecule has 1 aliphatic heterocycles. The van der Waals surface area contributed by atoms with Gasteiger partial charge in [-0.1, -0.05) is 0 Å². The largest absolute Gasteiger partial charge is 0.387 e. The normalized spacial score (nSPS) is 24.5. The molecule has 1 atom stereocenters. The lowest BCUT2D eigenvalue weighted by molar-refractivity contribution is 0.215. The van der Waals surface area contributed by atoms with Crippen molar-refractivity contribution in [3.05, 3.63) is 0 Å². The van der Waals surface area contributed by atoms with Crippen LogP contribution in [0.1, 0.15) is 12.8 Å². The van der Waals surface area contributed by atoms with Crippen molar-refractivity contribution < 1.29 is 0 Å². The van der Waals surface area contributed by atoms with Gasteiger partial charge >= 0.3 is 0 Å². The van der Waals surface area contributed by atoms with Crippen LogP contribution in [0.3, 0.4) is 0 Å². The molecule has 4 heteroatoms. The molecule has 1 fully saturated rings. The lowest BCUT2D eigenvalue weighted by Crippen LogP contribution is -2.41. The first-order valence-electron chi connectivity index (χ1n) is 4.79. The molecule has 13 heavy (non-hydrogen) atoms. The third kappa shape index (κ3) is 3.56. The van der Waals surface area contributed by atoms with Crippen LogP contribution in [0.5, 0.6) is 0 Å². The second-order valence-corrected chi connectivity index (χ2v) is 4.57. The van der Waals surface area contributed by atoms with Crippen molar-refractivity contribution in [2.24, 2.45) is 11.7 Å². The Balaban J connectivity index is 2.29. The van der Waals surface area contributed by atoms with Gasteiger partial charge in [0.1, 0.15) is 0 Å². The average molecular weight is 201 g/mol. The highest BCUT2D eigenvalue weighted by molar-refractivity contribution is 7.98. The quantitative estimate of drug-likeness (QED) is 0.527. The summed E-state index contributed by atoms with van der Waals surface area (Å²) in [6.45, 7) is 3.32. The van der Waals surface area contributed by atoms with E-state index in [-0.39, 0.29) is 0 Å². The number of amidine groups is 1. The molecule has 0 spiro atoms. The second kappa shape index (κ2) is 5.50. The van der Waals surface area contributed by atoms with Gasteiger partial charge in [0.05, 0.1) is 5.84 Å². The van der Waals surface area contributed by atoms with Crippen LogP contribution in [0.4, 0.5) is 0 Å². The predicted molar refractivity (Wildman–Crippen MR) is 59.5 cm³/mol. The third-order valence-corrected chi connectivity index (χ3v) is 3.15. The van der Waals surface area contributed by atoms with E-state index in [4.69, 9.17) is 11.1 Å². The summed E-state index contributed by atoms with van der Waals surface area (Å²) >= 11 is 1.88. The zero-order chi connectivity index (χ0) is 9.68. The Morgan fingerprint density at radius 3 is 3.08 bits per heavy atom. The van der Waals surface area contributed by atoms with E-state index in [1.165, 1.54) is 18.7 Å². The summed E-state index contributed by atoms with van der Waals surface area (Å²) in [6.07, 6.45) is 4.43. The fourth-order valence-corrected chi connectivity index (χ4v) is 2.17. The number of nitrogens with zero attached hydrogens (tertiary/aromatic N) is 1. The maximum atomic E-state index is 7.40. The number of rotatable bonds is 4. The van der Waals surface area contributed by atoms with Crippen LogP contribution in [-0.4, -0.2) is 42.4 Å². The Morgan fingerprint density at radius 1 is 1.69 bits per heavy atom. The maximum Gasteiger partial charge on any atom is 0.0949 e. The van der Waals surface area contributed by atoms with Crippen molar-refractivity contribution in [1.82, 2.24) is 4.90 Å². The van der Waals surface area contributed by atoms with Crippen LogP contribution >= 0.6 is 11.8 Å². The van der Waals surface area contributed by atoms with Crippen LogP contribution in [-0.2, 0) is 0 Å². The number of hydrogen-bond donors (Lipinski definition) is 2. The van der Waals surface area contributed by atoms with Gasteiger partial charge in [-0.3, -0.25) is 5.41 Å². The zero-order valence-electron chi connectivity index (χ0n) is 8.25. The van der Waals surface area contributed by atoms with Crippen molar-refractivity contribution >= 4 is 17.6 Å². The number of nitrogens with two attached hydrogens (primary N) is 1. The summed E-state index contributed by atoms with van der Waals surface area (Å²) < 4.78 is 0. The van der Waals surface area contributed by atoms with Crippen LogP contribution in [0, 0.1) is 11.3 Å². The Labute approximate surface area is 84.6 Å². The van der Waals surface area contributed by atoms with Crippen LogP contribution in [0.2, 0.25) is 0 Å². The molecule has 0 amide bonds. The van der Waals surface area contributed by atoms with Crippen LogP contribution < -0.4 is 5.73 Å². The van der Waals surface area contributed by atoms with E-state index in [0.717, 1.165) is 19.5 Å². The zero-order valence-corrected chi connectivity index (χ0v) is 9.07. The lowest BCUT2D eigenvalue weighted by atomic mass is 9.97. The number of likely N-dealkylation sites (tertiary alicyclic amines) is 1. The van der Waals surface area contributed by atoms with E-state index in [1.807, 2.05) is 11.8 Å². The molecule has 3 N–H and O–H groups in total. The monoisotopic (exact) mass is 201 g/mol. The molecule has 0 aromatic rings. The molecule has 0 aliphatic carbocycles. The molecule has 0 aromatic carbocycles. The van der Waals surface area contributed by atoms with Gasteiger partial charge in [-0.25, -0.2) is 0 Å². The highest BCUT2D eigenvalue weighted by Gasteiger charge is 2.21. The lowest BCUT2D eigenvalue weighted by Gasteiger charge is -2.31. The minimum absolute atomic E-state index is 0.315. The van der Waals surface area contributed by atoms with Crippen molar-refractivity contribution in [1.29, 1.82) is 5.41 Å². The Bertz CT molecular complexity index is 172. The minimum atomic E-state index is 0.315. The fourth-order valence-electron chi connectivity index (χ4n) is 1.73. The van der Waals surface area contributed by atoms with E-state index < -0.39 is 0 Å². The molecular formula is C9H19N3S. The molecule has 76 valence electrons. The summed E-state index contributed by atoms with van der Waals surface area (Å²) in [5.74, 6) is 1.87. The van der Waals surface area contributed by atoms with Gasteiger partial charge in [0.15, 0.2) is 0 Å². The van der Waals surface area contributed by atoms with Gasteiger partial charge in [0, 0.05) is 24.8 Å². The molecule has 1 saturated heterocycles. The Kier molecular flexibility index (Phi) is 4.59. The van der Waals surface area contributed by atoms with Gasteiger partial charge in [0.25, 0.3) is 0 Å². The van der Waals surface area contributed by atoms with Crippen LogP contribution in [0.25, 0.3) is 0 Å². The van der Waals surface area contributed by atoms with E-state index in [0.29, 0.717) is 11.8 Å². The molecule has 0 saturated carbocycles. The van der Waals surface area contributed by atoms with Crippen LogP contribution in [0.15, 0.2) is 0 Å². The Hall–Kier alpha value is -0.220. The summed E-state index contributed by atoms with van der Waals surface area (Å²) in [4.78, 5) is 2.42. The number of hydrogen-bond acceptors (Lipinski definition) is 3. The number of nitrogens with one attached hydrogen (secondary N) is 1. The van der Waals surface area contributed by atoms with Crippen molar-refractivity contribution in [3.63, 3.8) is 0 Å². The van der Waals surface area contributed by atoms with Crippen molar-refractivity contribution in [2.45, 2.75) is 12.8 Å². The molecule has 1 heterocycles. The molecule has 1 rings (SSSR count). The molecule has 1 aliphatic rings. The highest BCUT2D eigenvalue weighted by atomic mass is 32.2. The van der Waals surface area contributed by atoms with E-state index in [1.54, 1.807) is 0 Å². The molecule has 0 aromatic heterocycles. The van der Waals surface area contributed by atoms with E-state index in [9.17, 15) is 0 Å². The summed E-state index contributed by atoms with van der Waals surface area (Å²) in [5, 5.41) is 7.40. The highest BCUT2D eigenvalue weighted by Crippen LogP contribution is 2.16. The first-order valence-corrected chi connectivity index (χ1v) is 6.18. The second-order valence-electron chi connectivity index (χ2n) is 3.59. The topological polar surface area (TPSA) is 53.1 Å². The maximum absolute atomic E-state index is 7.40. The summed E-state index contributed by atoms with van der Waals surface area (Å²) in [5.41, 5.74) is 5.51. The van der Waals surface area contributed by atoms with E-state index >= 15 is 0 Å². The third-order valence-electron chi connectivity index (χ3n) is 2.56. The van der Waals surface area contributed by atoms with Gasteiger partial charge in [-0.2, -0.15) is 11.8 Å². The van der Waals surface area contributed by atoms with Gasteiger partial charge in [-0.15, -0.1) is 0 Å². The predicted octanol–water partition coefficient (Wildman–Crippen LogP) is 0.997. The number of thioether (sulfide) groups is 1. The van der Waals surface area contributed by atoms with Gasteiger partial charge in [0.2, 0.25) is 0 Å². The fraction of sp³-hybridized carbons (Fsp3) is 0.889. The standard InChI is InChI=1S/C9H19N3S/c1-13-6-5-12-4-2-3-8(7-12)9(10)11/h8H,2-7H2,1H3,(H3,10,11). The molecule has 0 radical (unpaired) electrons. The first-order chi connectivity index (χ1) is 6.24. The summed E-state index contributed by atoms with van der Waals surface area (Å²) in [7, 11) is 0. The molecule has 1 unspecified atom stereocenters. The van der Waals surface area contributed by atoms with Gasteiger partial charge < -0.3 is 10.6 Å². The number of piperidine rings is 1. The van der Waals surface area contributed by atoms with Gasteiger partial charge in [-0.05, 0) is 25.6 Å². The SMILES string of the molecule is CSCCN1CCCC(C(=N)N)C1. The van der Waals surface area contributed by atoms with E-state index in [2.05, 4.69) is 11.2 Å². The molecule has 0 bridgehead atoms. The first kappa shape index (κ1) is 10.9. The smallest absolute Gasteiger partial charge is 0.0949 e. The average Bonchev–Trinajstić information content (AvgIpc) is 2.15. The minimum Gasteiger partial charge on any atom is -0.387 e.